The quantitative estimate of drug-likeness (QED) is 0.338. The van der Waals surface area contributed by atoms with Crippen LogP contribution in [0.2, 0.25) is 0 Å². The average molecular weight is 423 g/mol. The summed E-state index contributed by atoms with van der Waals surface area (Å²) in [6, 6.07) is 11.6. The molecule has 2 aromatic rings. The fraction of sp³-hybridized carbons (Fsp3) is 0.412. The number of rotatable bonds is 11. The van der Waals surface area contributed by atoms with Gasteiger partial charge in [-0.2, -0.15) is 31.9 Å². The van der Waals surface area contributed by atoms with E-state index in [1.807, 2.05) is 36.4 Å². The van der Waals surface area contributed by atoms with Crippen molar-refractivity contribution in [3.63, 3.8) is 0 Å². The molecule has 0 spiro atoms. The molecule has 0 saturated carbocycles. The number of nitrogens with zero attached hydrogens (tertiary/aromatic N) is 2. The summed E-state index contributed by atoms with van der Waals surface area (Å²) in [7, 11) is -3.97. The molecule has 0 aliphatic carbocycles. The van der Waals surface area contributed by atoms with Gasteiger partial charge < -0.3 is 0 Å². The Hall–Kier alpha value is -0.0900. The van der Waals surface area contributed by atoms with E-state index >= 15 is 0 Å². The molecule has 0 saturated heterocycles. The van der Waals surface area contributed by atoms with Gasteiger partial charge in [0.1, 0.15) is 0 Å². The van der Waals surface area contributed by atoms with Crippen molar-refractivity contribution in [2.45, 2.75) is 18.1 Å². The topological polar surface area (TPSA) is 80.2 Å². The Labute approximate surface area is 186 Å². The van der Waals surface area contributed by atoms with E-state index in [0.29, 0.717) is 5.75 Å². The molecule has 138 valence electrons. The summed E-state index contributed by atoms with van der Waals surface area (Å²) in [4.78, 5) is 8.54. The summed E-state index contributed by atoms with van der Waals surface area (Å²) in [5.41, 5.74) is 2.02. The summed E-state index contributed by atoms with van der Waals surface area (Å²) >= 11 is 3.26. The third-order valence-electron chi connectivity index (χ3n) is 3.37. The maximum atomic E-state index is 11.2. The Kier molecular flexibility index (Phi) is 12.1. The molecule has 2 heterocycles. The Bertz CT molecular complexity index is 719. The van der Waals surface area contributed by atoms with E-state index < -0.39 is 10.1 Å². The van der Waals surface area contributed by atoms with Crippen molar-refractivity contribution in [3.05, 3.63) is 60.2 Å². The fourth-order valence-corrected chi connectivity index (χ4v) is 6.07. The van der Waals surface area contributed by atoms with Gasteiger partial charge in [-0.05, 0) is 48.6 Å². The van der Waals surface area contributed by atoms with Crippen molar-refractivity contribution in [2.24, 2.45) is 0 Å². The summed E-state index contributed by atoms with van der Waals surface area (Å²) in [6.07, 6.45) is 5.16. The van der Waals surface area contributed by atoms with Gasteiger partial charge in [-0.3, -0.25) is 14.5 Å². The molecule has 2 rings (SSSR count). The van der Waals surface area contributed by atoms with E-state index in [1.165, 1.54) is 0 Å². The third kappa shape index (κ3) is 10.9. The standard InChI is InChI=1S/C17H22N2O3S3.Na.H/c20-25(21,22)14-17(24-12-8-16-6-2-4-10-19-16)13-23-11-7-15-5-1-3-9-18-15;;/h1-6,9-10,17H,7-8,11-14H2,(H,20,21,22);;. The number of hydrogen-bond acceptors (Lipinski definition) is 6. The summed E-state index contributed by atoms with van der Waals surface area (Å²) in [6.45, 7) is 0. The second-order valence-corrected chi connectivity index (χ2v) is 9.51. The van der Waals surface area contributed by atoms with Crippen molar-refractivity contribution in [2.75, 3.05) is 23.0 Å². The van der Waals surface area contributed by atoms with Gasteiger partial charge in [-0.1, -0.05) is 12.1 Å². The molecular formula is C17H23N2NaO3S3. The molecule has 0 bridgehead atoms. The van der Waals surface area contributed by atoms with Gasteiger partial charge in [0.25, 0.3) is 10.1 Å². The van der Waals surface area contributed by atoms with Crippen LogP contribution in [0.25, 0.3) is 0 Å². The molecule has 5 nitrogen and oxygen atoms in total. The predicted molar refractivity (Wildman–Crippen MR) is 113 cm³/mol. The van der Waals surface area contributed by atoms with E-state index in [2.05, 4.69) is 9.97 Å². The number of aromatic nitrogens is 2. The minimum atomic E-state index is -3.97. The minimum absolute atomic E-state index is 0. The van der Waals surface area contributed by atoms with Crippen LogP contribution in [0, 0.1) is 0 Å². The normalized spacial score (nSPS) is 12.3. The SMILES string of the molecule is O=S(=O)(O)CC(CSCCc1ccccn1)SCCc1ccccn1.[NaH]. The molecule has 0 aliphatic rings. The average Bonchev–Trinajstić information content (AvgIpc) is 2.59. The number of thioether (sulfide) groups is 2. The monoisotopic (exact) mass is 422 g/mol. The first kappa shape index (κ1) is 23.9. The van der Waals surface area contributed by atoms with E-state index in [1.54, 1.807) is 35.9 Å². The van der Waals surface area contributed by atoms with Crippen molar-refractivity contribution >= 4 is 63.2 Å². The second-order valence-electron chi connectivity index (χ2n) is 5.46. The molecule has 0 amide bonds. The van der Waals surface area contributed by atoms with Gasteiger partial charge in [0.05, 0.1) is 5.75 Å². The van der Waals surface area contributed by atoms with Crippen molar-refractivity contribution < 1.29 is 13.0 Å². The van der Waals surface area contributed by atoms with Gasteiger partial charge in [0, 0.05) is 34.8 Å². The van der Waals surface area contributed by atoms with Crippen LogP contribution in [0.3, 0.4) is 0 Å². The molecule has 1 N–H and O–H groups in total. The number of hydrogen-bond donors (Lipinski definition) is 1. The number of aryl methyl sites for hydroxylation is 2. The first-order valence-electron chi connectivity index (χ1n) is 7.97. The van der Waals surface area contributed by atoms with Gasteiger partial charge in [-0.15, -0.1) is 0 Å². The first-order valence-corrected chi connectivity index (χ1v) is 11.8. The second kappa shape index (κ2) is 13.1. The van der Waals surface area contributed by atoms with Crippen LogP contribution < -0.4 is 0 Å². The van der Waals surface area contributed by atoms with E-state index in [0.717, 1.165) is 35.7 Å². The van der Waals surface area contributed by atoms with Gasteiger partial charge >= 0.3 is 29.6 Å². The molecule has 0 fully saturated rings. The van der Waals surface area contributed by atoms with Gasteiger partial charge in [-0.25, -0.2) is 0 Å². The summed E-state index contributed by atoms with van der Waals surface area (Å²) < 4.78 is 31.6. The van der Waals surface area contributed by atoms with E-state index in [-0.39, 0.29) is 40.6 Å². The van der Waals surface area contributed by atoms with Crippen LogP contribution in [0.4, 0.5) is 0 Å². The van der Waals surface area contributed by atoms with Crippen molar-refractivity contribution in [1.29, 1.82) is 0 Å². The molecule has 9 heteroatoms. The third-order valence-corrected chi connectivity index (χ3v) is 6.99. The molecular weight excluding hydrogens is 399 g/mol. The predicted octanol–water partition coefficient (Wildman–Crippen LogP) is 2.34. The fourth-order valence-electron chi connectivity index (χ4n) is 2.19. The van der Waals surface area contributed by atoms with Crippen LogP contribution in [0.1, 0.15) is 11.4 Å². The van der Waals surface area contributed by atoms with Gasteiger partial charge in [0.15, 0.2) is 0 Å². The molecule has 0 radical (unpaired) electrons. The Balaban J connectivity index is 0.00000338. The zero-order valence-electron chi connectivity index (χ0n) is 13.8. The Morgan fingerprint density at radius 1 is 0.962 bits per heavy atom. The summed E-state index contributed by atoms with van der Waals surface area (Å²) in [5, 5.41) is -0.132. The molecule has 2 aromatic heterocycles. The molecule has 1 unspecified atom stereocenters. The van der Waals surface area contributed by atoms with Crippen LogP contribution in [0.15, 0.2) is 48.8 Å². The first-order chi connectivity index (χ1) is 12.0. The maximum absolute atomic E-state index is 11.2. The summed E-state index contributed by atoms with van der Waals surface area (Å²) in [5.74, 6) is 2.12. The Morgan fingerprint density at radius 3 is 2.04 bits per heavy atom. The van der Waals surface area contributed by atoms with Crippen LogP contribution in [-0.2, 0) is 23.0 Å². The molecule has 26 heavy (non-hydrogen) atoms. The van der Waals surface area contributed by atoms with Crippen molar-refractivity contribution in [1.82, 2.24) is 9.97 Å². The zero-order chi connectivity index (χ0) is 18.0. The number of pyridine rings is 2. The van der Waals surface area contributed by atoms with E-state index in [4.69, 9.17) is 4.55 Å². The van der Waals surface area contributed by atoms with Crippen LogP contribution in [0.5, 0.6) is 0 Å². The molecule has 0 aromatic carbocycles. The van der Waals surface area contributed by atoms with Gasteiger partial charge in [0.2, 0.25) is 0 Å². The zero-order valence-corrected chi connectivity index (χ0v) is 16.3. The molecule has 1 atom stereocenters. The van der Waals surface area contributed by atoms with Crippen LogP contribution in [-0.4, -0.2) is 80.8 Å². The van der Waals surface area contributed by atoms with Crippen LogP contribution >= 0.6 is 23.5 Å². The molecule has 0 aliphatic heterocycles. The van der Waals surface area contributed by atoms with E-state index in [9.17, 15) is 8.42 Å². The Morgan fingerprint density at radius 2 is 1.54 bits per heavy atom. The van der Waals surface area contributed by atoms with Crippen molar-refractivity contribution in [3.8, 4) is 0 Å².